The van der Waals surface area contributed by atoms with Gasteiger partial charge in [-0.2, -0.15) is 0 Å². The van der Waals surface area contributed by atoms with Gasteiger partial charge in [0.1, 0.15) is 5.75 Å². The van der Waals surface area contributed by atoms with Crippen LogP contribution in [0.1, 0.15) is 12.5 Å². The van der Waals surface area contributed by atoms with Crippen molar-refractivity contribution in [2.75, 3.05) is 0 Å². The lowest BCUT2D eigenvalue weighted by Gasteiger charge is -2.09. The van der Waals surface area contributed by atoms with Crippen LogP contribution >= 0.6 is 11.6 Å². The molecule has 0 saturated carbocycles. The molecule has 1 N–H and O–H groups in total. The quantitative estimate of drug-likeness (QED) is 0.851. The molecule has 0 heterocycles. The number of hydrogen-bond acceptors (Lipinski definition) is 3. The molecule has 0 bridgehead atoms. The molecule has 0 unspecified atom stereocenters. The van der Waals surface area contributed by atoms with Crippen LogP contribution in [0.2, 0.25) is 5.02 Å². The van der Waals surface area contributed by atoms with Crippen LogP contribution in [0, 0.1) is 0 Å². The highest BCUT2D eigenvalue weighted by molar-refractivity contribution is 6.30. The Labute approximate surface area is 127 Å². The van der Waals surface area contributed by atoms with Crippen molar-refractivity contribution in [1.29, 1.82) is 0 Å². The first-order valence-electron chi connectivity index (χ1n) is 6.34. The molecule has 0 fully saturated rings. The molecule has 0 saturated heterocycles. The number of halogens is 1. The Hall–Kier alpha value is -2.33. The smallest absolute Gasteiger partial charge is 0.344 e. The SMILES string of the molecule is C[C@H](Oc1ccc(C=Nc2cccc(Cl)c2)cc1)C(=O)O. The van der Waals surface area contributed by atoms with Crippen molar-refractivity contribution in [2.24, 2.45) is 4.99 Å². The van der Waals surface area contributed by atoms with Crippen LogP contribution in [-0.4, -0.2) is 23.4 Å². The topological polar surface area (TPSA) is 58.9 Å². The van der Waals surface area contributed by atoms with E-state index in [4.69, 9.17) is 21.4 Å². The summed E-state index contributed by atoms with van der Waals surface area (Å²) in [6, 6.07) is 14.3. The van der Waals surface area contributed by atoms with E-state index in [1.54, 1.807) is 42.6 Å². The Morgan fingerprint density at radius 2 is 2.00 bits per heavy atom. The molecule has 1 atom stereocenters. The molecule has 0 spiro atoms. The zero-order valence-electron chi connectivity index (χ0n) is 11.4. The second-order valence-electron chi connectivity index (χ2n) is 4.41. The number of benzene rings is 2. The van der Waals surface area contributed by atoms with Gasteiger partial charge in [-0.1, -0.05) is 17.7 Å². The van der Waals surface area contributed by atoms with Crippen molar-refractivity contribution in [3.8, 4) is 5.75 Å². The molecule has 0 aliphatic heterocycles. The molecule has 2 aromatic carbocycles. The third-order valence-corrected chi connectivity index (χ3v) is 2.95. The molecule has 0 radical (unpaired) electrons. The second kappa shape index (κ2) is 6.90. The largest absolute Gasteiger partial charge is 0.479 e. The number of carbonyl (C=O) groups is 1. The van der Waals surface area contributed by atoms with Gasteiger partial charge < -0.3 is 9.84 Å². The first kappa shape index (κ1) is 15.1. The van der Waals surface area contributed by atoms with E-state index >= 15 is 0 Å². The molecule has 0 aliphatic rings. The van der Waals surface area contributed by atoms with Gasteiger partial charge >= 0.3 is 5.97 Å². The fourth-order valence-corrected chi connectivity index (χ4v) is 1.78. The molecule has 2 aromatic rings. The van der Waals surface area contributed by atoms with E-state index in [1.165, 1.54) is 6.92 Å². The lowest BCUT2D eigenvalue weighted by molar-refractivity contribution is -0.144. The van der Waals surface area contributed by atoms with Crippen LogP contribution in [0.5, 0.6) is 5.75 Å². The number of ether oxygens (including phenoxy) is 1. The van der Waals surface area contributed by atoms with E-state index in [9.17, 15) is 4.79 Å². The number of aliphatic imine (C=N–C) groups is 1. The number of nitrogens with zero attached hydrogens (tertiary/aromatic N) is 1. The molecule has 2 rings (SSSR count). The number of hydrogen-bond donors (Lipinski definition) is 1. The summed E-state index contributed by atoms with van der Waals surface area (Å²) in [5.41, 5.74) is 1.65. The second-order valence-corrected chi connectivity index (χ2v) is 4.84. The zero-order chi connectivity index (χ0) is 15.2. The summed E-state index contributed by atoms with van der Waals surface area (Å²) in [7, 11) is 0. The standard InChI is InChI=1S/C16H14ClNO3/c1-11(16(19)20)21-15-7-5-12(6-8-15)10-18-14-4-2-3-13(17)9-14/h2-11H,1H3,(H,19,20)/t11-/m0/s1. The van der Waals surface area contributed by atoms with Crippen LogP contribution in [0.15, 0.2) is 53.5 Å². The predicted octanol–water partition coefficient (Wildman–Crippen LogP) is 3.94. The Morgan fingerprint density at radius 3 is 2.62 bits per heavy atom. The minimum absolute atomic E-state index is 0.504. The normalized spacial score (nSPS) is 12.3. The molecule has 0 amide bonds. The highest BCUT2D eigenvalue weighted by Crippen LogP contribution is 2.18. The molecule has 21 heavy (non-hydrogen) atoms. The first-order chi connectivity index (χ1) is 10.0. The molecule has 5 heteroatoms. The van der Waals surface area contributed by atoms with E-state index in [0.717, 1.165) is 11.3 Å². The van der Waals surface area contributed by atoms with Gasteiger partial charge in [0.25, 0.3) is 0 Å². The maximum Gasteiger partial charge on any atom is 0.344 e. The average molecular weight is 304 g/mol. The Balaban J connectivity index is 2.04. The van der Waals surface area contributed by atoms with E-state index in [0.29, 0.717) is 10.8 Å². The fourth-order valence-electron chi connectivity index (χ4n) is 1.59. The monoisotopic (exact) mass is 303 g/mol. The Kier molecular flexibility index (Phi) is 4.95. The summed E-state index contributed by atoms with van der Waals surface area (Å²) < 4.78 is 5.25. The van der Waals surface area contributed by atoms with Gasteiger partial charge in [0.2, 0.25) is 0 Å². The molecule has 108 valence electrons. The molecular formula is C16H14ClNO3. The van der Waals surface area contributed by atoms with Crippen LogP contribution < -0.4 is 4.74 Å². The van der Waals surface area contributed by atoms with Gasteiger partial charge in [0, 0.05) is 11.2 Å². The number of carboxylic acids is 1. The Morgan fingerprint density at radius 1 is 1.29 bits per heavy atom. The molecule has 4 nitrogen and oxygen atoms in total. The number of carboxylic acid groups (broad SMARTS) is 1. The summed E-state index contributed by atoms with van der Waals surface area (Å²) in [6.45, 7) is 1.48. The van der Waals surface area contributed by atoms with Crippen LogP contribution in [0.3, 0.4) is 0 Å². The van der Waals surface area contributed by atoms with Crippen molar-refractivity contribution < 1.29 is 14.6 Å². The number of rotatable bonds is 5. The lowest BCUT2D eigenvalue weighted by Crippen LogP contribution is -2.22. The third-order valence-electron chi connectivity index (χ3n) is 2.71. The summed E-state index contributed by atoms with van der Waals surface area (Å²) in [5.74, 6) is -0.494. The van der Waals surface area contributed by atoms with Crippen molar-refractivity contribution in [3.63, 3.8) is 0 Å². The molecule has 0 aliphatic carbocycles. The minimum atomic E-state index is -0.999. The van der Waals surface area contributed by atoms with Crippen LogP contribution in [0.4, 0.5) is 5.69 Å². The summed E-state index contributed by atoms with van der Waals surface area (Å²) >= 11 is 5.88. The van der Waals surface area contributed by atoms with Crippen molar-refractivity contribution in [2.45, 2.75) is 13.0 Å². The predicted molar refractivity (Wildman–Crippen MR) is 82.9 cm³/mol. The summed E-state index contributed by atoms with van der Waals surface area (Å²) in [5, 5.41) is 9.41. The van der Waals surface area contributed by atoms with Gasteiger partial charge in [0.05, 0.1) is 5.69 Å². The van der Waals surface area contributed by atoms with Crippen molar-refractivity contribution >= 4 is 29.5 Å². The third kappa shape index (κ3) is 4.61. The zero-order valence-corrected chi connectivity index (χ0v) is 12.1. The number of aliphatic carboxylic acids is 1. The molecule has 0 aromatic heterocycles. The van der Waals surface area contributed by atoms with Gasteiger partial charge in [0.15, 0.2) is 6.10 Å². The Bertz CT molecular complexity index is 653. The highest BCUT2D eigenvalue weighted by Gasteiger charge is 2.11. The van der Waals surface area contributed by atoms with E-state index in [2.05, 4.69) is 4.99 Å². The van der Waals surface area contributed by atoms with Crippen molar-refractivity contribution in [3.05, 3.63) is 59.1 Å². The first-order valence-corrected chi connectivity index (χ1v) is 6.71. The van der Waals surface area contributed by atoms with Crippen molar-refractivity contribution in [1.82, 2.24) is 0 Å². The highest BCUT2D eigenvalue weighted by atomic mass is 35.5. The maximum atomic E-state index is 10.7. The summed E-state index contributed by atoms with van der Waals surface area (Å²) in [6.07, 6.45) is 0.826. The molecular weight excluding hydrogens is 290 g/mol. The van der Waals surface area contributed by atoms with Gasteiger partial charge in [-0.05, 0) is 55.0 Å². The van der Waals surface area contributed by atoms with Crippen LogP contribution in [-0.2, 0) is 4.79 Å². The average Bonchev–Trinajstić information content (AvgIpc) is 2.46. The van der Waals surface area contributed by atoms with Gasteiger partial charge in [-0.25, -0.2) is 4.79 Å². The summed E-state index contributed by atoms with van der Waals surface area (Å²) in [4.78, 5) is 15.0. The lowest BCUT2D eigenvalue weighted by atomic mass is 10.2. The van der Waals surface area contributed by atoms with Crippen LogP contribution in [0.25, 0.3) is 0 Å². The van der Waals surface area contributed by atoms with E-state index < -0.39 is 12.1 Å². The van der Waals surface area contributed by atoms with E-state index in [1.807, 2.05) is 12.1 Å². The van der Waals surface area contributed by atoms with Gasteiger partial charge in [-0.3, -0.25) is 4.99 Å². The van der Waals surface area contributed by atoms with Gasteiger partial charge in [-0.15, -0.1) is 0 Å². The fraction of sp³-hybridized carbons (Fsp3) is 0.125. The van der Waals surface area contributed by atoms with E-state index in [-0.39, 0.29) is 0 Å². The maximum absolute atomic E-state index is 10.7. The minimum Gasteiger partial charge on any atom is -0.479 e.